The van der Waals surface area contributed by atoms with Crippen LogP contribution in [0, 0.1) is 6.92 Å². The molecule has 0 fully saturated rings. The summed E-state index contributed by atoms with van der Waals surface area (Å²) < 4.78 is 1.06. The summed E-state index contributed by atoms with van der Waals surface area (Å²) in [6.07, 6.45) is 1.84. The van der Waals surface area contributed by atoms with E-state index < -0.39 is 0 Å². The first-order chi connectivity index (χ1) is 6.15. The van der Waals surface area contributed by atoms with Crippen LogP contribution in [0.3, 0.4) is 0 Å². The van der Waals surface area contributed by atoms with E-state index in [1.807, 2.05) is 13.2 Å². The van der Waals surface area contributed by atoms with Crippen molar-refractivity contribution in [1.82, 2.24) is 4.98 Å². The van der Waals surface area contributed by atoms with E-state index >= 15 is 0 Å². The predicted octanol–water partition coefficient (Wildman–Crippen LogP) is 2.98. The van der Waals surface area contributed by atoms with Crippen LogP contribution < -0.4 is 4.90 Å². The van der Waals surface area contributed by atoms with Gasteiger partial charge in [0.05, 0.1) is 0 Å². The number of hydrogen-bond donors (Lipinski definition) is 0. The Bertz CT molecular complexity index is 289. The van der Waals surface area contributed by atoms with Gasteiger partial charge in [-0.25, -0.2) is 4.98 Å². The summed E-state index contributed by atoms with van der Waals surface area (Å²) >= 11 is 6.83. The lowest BCUT2D eigenvalue weighted by Gasteiger charge is -2.17. The van der Waals surface area contributed by atoms with Crippen LogP contribution in [0.5, 0.6) is 0 Å². The number of alkyl halides is 1. The minimum absolute atomic E-state index is 0.959. The summed E-state index contributed by atoms with van der Waals surface area (Å²) in [7, 11) is 2.04. The summed E-state index contributed by atoms with van der Waals surface area (Å²) in [6.45, 7) is 3.03. The topological polar surface area (TPSA) is 16.1 Å². The molecule has 4 heteroatoms. The molecule has 1 heterocycles. The van der Waals surface area contributed by atoms with Crippen molar-refractivity contribution in [3.8, 4) is 0 Å². The van der Waals surface area contributed by atoms with Gasteiger partial charge in [0.25, 0.3) is 0 Å². The van der Waals surface area contributed by atoms with Crippen LogP contribution in [-0.2, 0) is 0 Å². The van der Waals surface area contributed by atoms with E-state index in [9.17, 15) is 0 Å². The molecule has 2 nitrogen and oxygen atoms in total. The van der Waals surface area contributed by atoms with Crippen LogP contribution in [0.15, 0.2) is 16.7 Å². The van der Waals surface area contributed by atoms with Gasteiger partial charge in [0.2, 0.25) is 0 Å². The predicted molar refractivity (Wildman–Crippen MR) is 63.7 cm³/mol. The van der Waals surface area contributed by atoms with E-state index in [2.05, 4.69) is 54.7 Å². The largest absolute Gasteiger partial charge is 0.359 e. The molecule has 0 saturated carbocycles. The molecular formula is C9H12Br2N2. The fraction of sp³-hybridized carbons (Fsp3) is 0.444. The highest BCUT2D eigenvalue weighted by Gasteiger charge is 2.02. The van der Waals surface area contributed by atoms with E-state index in [1.54, 1.807) is 0 Å². The van der Waals surface area contributed by atoms with E-state index in [0.717, 1.165) is 22.2 Å². The Labute approximate surface area is 95.6 Å². The van der Waals surface area contributed by atoms with Gasteiger partial charge in [-0.3, -0.25) is 0 Å². The minimum atomic E-state index is 0.959. The van der Waals surface area contributed by atoms with Gasteiger partial charge in [0.1, 0.15) is 5.82 Å². The molecule has 0 bridgehead atoms. The minimum Gasteiger partial charge on any atom is -0.359 e. The first-order valence-electron chi connectivity index (χ1n) is 4.04. The Morgan fingerprint density at radius 1 is 1.54 bits per heavy atom. The third kappa shape index (κ3) is 2.95. The van der Waals surface area contributed by atoms with Crippen LogP contribution in [0.4, 0.5) is 5.82 Å². The van der Waals surface area contributed by atoms with E-state index in [-0.39, 0.29) is 0 Å². The van der Waals surface area contributed by atoms with Gasteiger partial charge in [-0.15, -0.1) is 0 Å². The molecule has 0 unspecified atom stereocenters. The zero-order valence-corrected chi connectivity index (χ0v) is 10.9. The Balaban J connectivity index is 2.84. The maximum absolute atomic E-state index is 4.32. The molecule has 0 atom stereocenters. The van der Waals surface area contributed by atoms with Gasteiger partial charge in [0, 0.05) is 29.6 Å². The number of anilines is 1. The average molecular weight is 308 g/mol. The molecule has 1 rings (SSSR count). The quantitative estimate of drug-likeness (QED) is 0.798. The molecule has 0 spiro atoms. The summed E-state index contributed by atoms with van der Waals surface area (Å²) in [4.78, 5) is 6.44. The van der Waals surface area contributed by atoms with Crippen LogP contribution in [0.1, 0.15) is 5.56 Å². The third-order valence-corrected chi connectivity index (χ3v) is 3.03. The molecular weight excluding hydrogens is 296 g/mol. The fourth-order valence-corrected chi connectivity index (χ4v) is 1.72. The Morgan fingerprint density at radius 2 is 2.23 bits per heavy atom. The van der Waals surface area contributed by atoms with Gasteiger partial charge in [-0.1, -0.05) is 15.9 Å². The first kappa shape index (κ1) is 11.0. The highest BCUT2D eigenvalue weighted by Crippen LogP contribution is 2.19. The molecule has 0 aliphatic carbocycles. The van der Waals surface area contributed by atoms with Crippen molar-refractivity contribution in [2.45, 2.75) is 6.92 Å². The van der Waals surface area contributed by atoms with Crippen LogP contribution >= 0.6 is 31.9 Å². The number of hydrogen-bond acceptors (Lipinski definition) is 2. The van der Waals surface area contributed by atoms with Crippen LogP contribution in [-0.4, -0.2) is 23.9 Å². The highest BCUT2D eigenvalue weighted by molar-refractivity contribution is 9.10. The number of pyridine rings is 1. The zero-order valence-electron chi connectivity index (χ0n) is 7.72. The number of nitrogens with zero attached hydrogens (tertiary/aromatic N) is 2. The van der Waals surface area contributed by atoms with Crippen molar-refractivity contribution in [2.24, 2.45) is 0 Å². The van der Waals surface area contributed by atoms with Crippen molar-refractivity contribution in [2.75, 3.05) is 23.8 Å². The lowest BCUT2D eigenvalue weighted by Crippen LogP contribution is -2.20. The fourth-order valence-electron chi connectivity index (χ4n) is 0.975. The van der Waals surface area contributed by atoms with Gasteiger partial charge in [-0.05, 0) is 34.5 Å². The monoisotopic (exact) mass is 306 g/mol. The van der Waals surface area contributed by atoms with Crippen molar-refractivity contribution >= 4 is 37.7 Å². The van der Waals surface area contributed by atoms with E-state index in [4.69, 9.17) is 0 Å². The molecule has 0 amide bonds. The maximum Gasteiger partial charge on any atom is 0.128 e. The molecule has 0 N–H and O–H groups in total. The van der Waals surface area contributed by atoms with Gasteiger partial charge in [0.15, 0.2) is 0 Å². The van der Waals surface area contributed by atoms with Crippen molar-refractivity contribution in [3.05, 3.63) is 22.3 Å². The summed E-state index contributed by atoms with van der Waals surface area (Å²) in [5.41, 5.74) is 1.21. The number of aromatic nitrogens is 1. The van der Waals surface area contributed by atoms with Crippen LogP contribution in [0.2, 0.25) is 0 Å². The maximum atomic E-state index is 4.32. The second kappa shape index (κ2) is 4.96. The lowest BCUT2D eigenvalue weighted by atomic mass is 10.3. The highest BCUT2D eigenvalue weighted by atomic mass is 79.9. The summed E-state index contributed by atoms with van der Waals surface area (Å²) in [6, 6.07) is 2.08. The second-order valence-corrected chi connectivity index (χ2v) is 4.55. The first-order valence-corrected chi connectivity index (χ1v) is 5.96. The SMILES string of the molecule is Cc1cc(N(C)CCBr)ncc1Br. The molecule has 13 heavy (non-hydrogen) atoms. The Morgan fingerprint density at radius 3 is 2.77 bits per heavy atom. The third-order valence-electron chi connectivity index (χ3n) is 1.84. The number of halogens is 2. The molecule has 72 valence electrons. The van der Waals surface area contributed by atoms with Crippen molar-refractivity contribution in [3.63, 3.8) is 0 Å². The average Bonchev–Trinajstić information content (AvgIpc) is 2.10. The van der Waals surface area contributed by atoms with E-state index in [1.165, 1.54) is 5.56 Å². The molecule has 0 radical (unpaired) electrons. The summed E-state index contributed by atoms with van der Waals surface area (Å²) in [5, 5.41) is 0.959. The zero-order chi connectivity index (χ0) is 9.84. The second-order valence-electron chi connectivity index (χ2n) is 2.90. The molecule has 0 aliphatic heterocycles. The van der Waals surface area contributed by atoms with Crippen molar-refractivity contribution in [1.29, 1.82) is 0 Å². The Hall–Kier alpha value is -0.0900. The standard InChI is InChI=1S/C9H12Br2N2/c1-7-5-9(12-6-8(7)11)13(2)4-3-10/h5-6H,3-4H2,1-2H3. The van der Waals surface area contributed by atoms with Crippen LogP contribution in [0.25, 0.3) is 0 Å². The van der Waals surface area contributed by atoms with Gasteiger partial charge < -0.3 is 4.90 Å². The number of rotatable bonds is 3. The smallest absolute Gasteiger partial charge is 0.128 e. The van der Waals surface area contributed by atoms with Gasteiger partial charge >= 0.3 is 0 Å². The Kier molecular flexibility index (Phi) is 4.19. The molecule has 0 aliphatic rings. The number of aryl methyl sites for hydroxylation is 1. The molecule has 1 aromatic heterocycles. The van der Waals surface area contributed by atoms with Crippen molar-refractivity contribution < 1.29 is 0 Å². The normalized spacial score (nSPS) is 10.2. The van der Waals surface area contributed by atoms with E-state index in [0.29, 0.717) is 0 Å². The molecule has 0 saturated heterocycles. The lowest BCUT2D eigenvalue weighted by molar-refractivity contribution is 0.946. The van der Waals surface area contributed by atoms with Gasteiger partial charge in [-0.2, -0.15) is 0 Å². The summed E-state index contributed by atoms with van der Waals surface area (Å²) in [5.74, 6) is 1.01. The molecule has 1 aromatic rings. The molecule has 0 aromatic carbocycles.